The van der Waals surface area contributed by atoms with Gasteiger partial charge in [0.2, 0.25) is 0 Å². The average Bonchev–Trinajstić information content (AvgIpc) is 2.79. The van der Waals surface area contributed by atoms with Gasteiger partial charge in [-0.25, -0.2) is 4.79 Å². The summed E-state index contributed by atoms with van der Waals surface area (Å²) >= 11 is 0. The molecule has 122 valence electrons. The fraction of sp³-hybridized carbons (Fsp3) is 0.588. The summed E-state index contributed by atoms with van der Waals surface area (Å²) < 4.78 is 10.3. The molecule has 1 amide bonds. The normalized spacial score (nSPS) is 17.2. The molecule has 0 saturated carbocycles. The highest BCUT2D eigenvalue weighted by Gasteiger charge is 2.22. The lowest BCUT2D eigenvalue weighted by molar-refractivity contribution is 0.0636. The maximum atomic E-state index is 11.8. The van der Waals surface area contributed by atoms with Crippen molar-refractivity contribution < 1.29 is 14.3 Å². The van der Waals surface area contributed by atoms with Crippen LogP contribution in [0, 0.1) is 0 Å². The van der Waals surface area contributed by atoms with E-state index in [2.05, 4.69) is 16.7 Å². The number of hydrogen-bond donors (Lipinski definition) is 2. The van der Waals surface area contributed by atoms with Crippen LogP contribution in [0.2, 0.25) is 0 Å². The van der Waals surface area contributed by atoms with Crippen molar-refractivity contribution in [3.05, 3.63) is 29.3 Å². The molecule has 5 heteroatoms. The van der Waals surface area contributed by atoms with Crippen molar-refractivity contribution in [3.8, 4) is 0 Å². The molecular weight excluding hydrogens is 280 g/mol. The molecule has 1 aliphatic rings. The van der Waals surface area contributed by atoms with E-state index in [9.17, 15) is 4.79 Å². The molecule has 1 atom stereocenters. The summed E-state index contributed by atoms with van der Waals surface area (Å²) in [5.74, 6) is 0. The van der Waals surface area contributed by atoms with Gasteiger partial charge < -0.3 is 14.8 Å². The van der Waals surface area contributed by atoms with Crippen LogP contribution in [0.5, 0.6) is 0 Å². The van der Waals surface area contributed by atoms with Crippen molar-refractivity contribution in [1.29, 1.82) is 0 Å². The summed E-state index contributed by atoms with van der Waals surface area (Å²) in [5, 5.41) is 6.29. The fourth-order valence-corrected chi connectivity index (χ4v) is 2.66. The number of carbonyl (C=O) groups excluding carboxylic acids is 1. The Morgan fingerprint density at radius 1 is 1.36 bits per heavy atom. The third-order valence-corrected chi connectivity index (χ3v) is 3.56. The van der Waals surface area contributed by atoms with Crippen molar-refractivity contribution in [2.75, 3.05) is 25.6 Å². The van der Waals surface area contributed by atoms with Crippen molar-refractivity contribution in [3.63, 3.8) is 0 Å². The highest BCUT2D eigenvalue weighted by atomic mass is 16.6. The number of fused-ring (bicyclic) bond motifs is 1. The lowest BCUT2D eigenvalue weighted by atomic mass is 10.1. The molecule has 5 nitrogen and oxygen atoms in total. The number of hydrogen-bond acceptors (Lipinski definition) is 4. The third kappa shape index (κ3) is 4.71. The molecule has 0 bridgehead atoms. The van der Waals surface area contributed by atoms with Crippen molar-refractivity contribution in [1.82, 2.24) is 5.32 Å². The fourth-order valence-electron chi connectivity index (χ4n) is 2.66. The molecule has 0 aromatic heterocycles. The van der Waals surface area contributed by atoms with E-state index >= 15 is 0 Å². The molecule has 0 radical (unpaired) electrons. The van der Waals surface area contributed by atoms with Crippen molar-refractivity contribution >= 4 is 11.8 Å². The Labute approximate surface area is 132 Å². The van der Waals surface area contributed by atoms with Gasteiger partial charge in [-0.15, -0.1) is 0 Å². The second-order valence-electron chi connectivity index (χ2n) is 6.58. The smallest absolute Gasteiger partial charge is 0.412 e. The number of anilines is 1. The molecular formula is C17H26N2O3. The highest BCUT2D eigenvalue weighted by molar-refractivity contribution is 5.85. The molecule has 1 aliphatic carbocycles. The topological polar surface area (TPSA) is 59.6 Å². The molecule has 0 aliphatic heterocycles. The van der Waals surface area contributed by atoms with Gasteiger partial charge in [-0.2, -0.15) is 0 Å². The van der Waals surface area contributed by atoms with Crippen LogP contribution in [-0.2, 0) is 15.9 Å². The van der Waals surface area contributed by atoms with E-state index in [1.54, 1.807) is 7.11 Å². The molecule has 1 unspecified atom stereocenters. The number of carbonyl (C=O) groups is 1. The first-order valence-electron chi connectivity index (χ1n) is 7.74. The summed E-state index contributed by atoms with van der Waals surface area (Å²) in [5.41, 5.74) is 2.89. The Morgan fingerprint density at radius 3 is 2.82 bits per heavy atom. The summed E-state index contributed by atoms with van der Waals surface area (Å²) in [6, 6.07) is 6.43. The standard InChI is InChI=1S/C17H26N2O3/c1-17(2,3)22-16(20)19-13-6-7-14-12(11-13)5-8-15(14)18-9-10-21-4/h6-7,11,15,18H,5,8-10H2,1-4H3,(H,19,20). The van der Waals surface area contributed by atoms with Gasteiger partial charge in [-0.05, 0) is 56.9 Å². The third-order valence-electron chi connectivity index (χ3n) is 3.56. The van der Waals surface area contributed by atoms with Gasteiger partial charge in [-0.3, -0.25) is 5.32 Å². The molecule has 2 N–H and O–H groups in total. The lowest BCUT2D eigenvalue weighted by Gasteiger charge is -2.20. The minimum absolute atomic E-state index is 0.376. The van der Waals surface area contributed by atoms with E-state index in [1.807, 2.05) is 32.9 Å². The first kappa shape index (κ1) is 16.8. The van der Waals surface area contributed by atoms with Crippen LogP contribution >= 0.6 is 0 Å². The average molecular weight is 306 g/mol. The molecule has 1 aromatic carbocycles. The predicted octanol–water partition coefficient (Wildman–Crippen LogP) is 3.26. The van der Waals surface area contributed by atoms with Crippen LogP contribution in [0.25, 0.3) is 0 Å². The van der Waals surface area contributed by atoms with Gasteiger partial charge in [0.15, 0.2) is 0 Å². The zero-order valence-corrected chi connectivity index (χ0v) is 13.9. The molecule has 0 heterocycles. The van der Waals surface area contributed by atoms with E-state index in [0.29, 0.717) is 12.6 Å². The SMILES string of the molecule is COCCNC1CCc2cc(NC(=O)OC(C)(C)C)ccc21. The van der Waals surface area contributed by atoms with Gasteiger partial charge >= 0.3 is 6.09 Å². The predicted molar refractivity (Wildman–Crippen MR) is 87.2 cm³/mol. The van der Waals surface area contributed by atoms with Gasteiger partial charge in [0.05, 0.1) is 6.61 Å². The summed E-state index contributed by atoms with van der Waals surface area (Å²) in [7, 11) is 1.71. The largest absolute Gasteiger partial charge is 0.444 e. The number of nitrogens with one attached hydrogen (secondary N) is 2. The molecule has 22 heavy (non-hydrogen) atoms. The highest BCUT2D eigenvalue weighted by Crippen LogP contribution is 2.32. The molecule has 2 rings (SSSR count). The van der Waals surface area contributed by atoms with Crippen LogP contribution in [0.4, 0.5) is 10.5 Å². The Hall–Kier alpha value is -1.59. The van der Waals surface area contributed by atoms with Crippen LogP contribution in [0.15, 0.2) is 18.2 Å². The maximum Gasteiger partial charge on any atom is 0.412 e. The monoisotopic (exact) mass is 306 g/mol. The van der Waals surface area contributed by atoms with Crippen LogP contribution in [0.3, 0.4) is 0 Å². The summed E-state index contributed by atoms with van der Waals surface area (Å²) in [4.78, 5) is 11.8. The van der Waals surface area contributed by atoms with E-state index in [1.165, 1.54) is 11.1 Å². The van der Waals surface area contributed by atoms with Crippen LogP contribution in [-0.4, -0.2) is 32.0 Å². The minimum atomic E-state index is -0.489. The van der Waals surface area contributed by atoms with E-state index in [0.717, 1.165) is 25.1 Å². The van der Waals surface area contributed by atoms with Gasteiger partial charge in [0, 0.05) is 25.4 Å². The summed E-state index contributed by atoms with van der Waals surface area (Å²) in [6.07, 6.45) is 1.68. The lowest BCUT2D eigenvalue weighted by Crippen LogP contribution is -2.27. The van der Waals surface area contributed by atoms with E-state index in [-0.39, 0.29) is 0 Å². The first-order valence-corrected chi connectivity index (χ1v) is 7.74. The van der Waals surface area contributed by atoms with Crippen molar-refractivity contribution in [2.45, 2.75) is 45.3 Å². The number of benzene rings is 1. The van der Waals surface area contributed by atoms with Gasteiger partial charge in [0.25, 0.3) is 0 Å². The van der Waals surface area contributed by atoms with Crippen LogP contribution < -0.4 is 10.6 Å². The van der Waals surface area contributed by atoms with E-state index in [4.69, 9.17) is 9.47 Å². The number of methoxy groups -OCH3 is 1. The number of rotatable bonds is 5. The Kier molecular flexibility index (Phi) is 5.42. The number of amides is 1. The van der Waals surface area contributed by atoms with Crippen molar-refractivity contribution in [2.24, 2.45) is 0 Å². The first-order chi connectivity index (χ1) is 10.4. The zero-order valence-electron chi connectivity index (χ0n) is 13.9. The van der Waals surface area contributed by atoms with Gasteiger partial charge in [-0.1, -0.05) is 6.07 Å². The van der Waals surface area contributed by atoms with Gasteiger partial charge in [0.1, 0.15) is 5.60 Å². The maximum absolute atomic E-state index is 11.8. The minimum Gasteiger partial charge on any atom is -0.444 e. The Morgan fingerprint density at radius 2 is 2.14 bits per heavy atom. The molecule has 0 fully saturated rings. The zero-order chi connectivity index (χ0) is 16.2. The number of aryl methyl sites for hydroxylation is 1. The summed E-state index contributed by atoms with van der Waals surface area (Å²) in [6.45, 7) is 7.12. The quantitative estimate of drug-likeness (QED) is 0.820. The second-order valence-corrected chi connectivity index (χ2v) is 6.58. The molecule has 0 spiro atoms. The van der Waals surface area contributed by atoms with E-state index < -0.39 is 11.7 Å². The Bertz CT molecular complexity index is 523. The van der Waals surface area contributed by atoms with Crippen LogP contribution in [0.1, 0.15) is 44.4 Å². The molecule has 1 aromatic rings. The Balaban J connectivity index is 1.96. The number of ether oxygens (including phenoxy) is 2. The molecule has 0 saturated heterocycles. The second kappa shape index (κ2) is 7.11.